The normalized spacial score (nSPS) is 14.3. The number of carbonyl (C=O) groups excluding carboxylic acids is 4. The highest BCUT2D eigenvalue weighted by Crippen LogP contribution is 2.11. The van der Waals surface area contributed by atoms with E-state index in [-0.39, 0.29) is 18.1 Å². The zero-order valence-electron chi connectivity index (χ0n) is 18.5. The van der Waals surface area contributed by atoms with Crippen molar-refractivity contribution in [2.24, 2.45) is 17.4 Å². The van der Waals surface area contributed by atoms with Crippen molar-refractivity contribution in [1.82, 2.24) is 16.0 Å². The topological polar surface area (TPSA) is 214 Å². The fraction of sp³-hybridized carbons (Fsp3) is 0.476. The summed E-state index contributed by atoms with van der Waals surface area (Å²) in [5.41, 5.74) is 11.5. The molecule has 4 unspecified atom stereocenters. The first-order valence-electron chi connectivity index (χ1n) is 10.4. The van der Waals surface area contributed by atoms with E-state index in [0.717, 1.165) is 0 Å². The Morgan fingerprint density at radius 3 is 2.12 bits per heavy atom. The van der Waals surface area contributed by atoms with Crippen molar-refractivity contribution in [2.75, 3.05) is 6.54 Å². The van der Waals surface area contributed by atoms with Crippen LogP contribution in [0.1, 0.15) is 32.3 Å². The number of nitrogens with one attached hydrogen (secondary N) is 3. The third-order valence-corrected chi connectivity index (χ3v) is 5.03. The zero-order chi connectivity index (χ0) is 25.1. The lowest BCUT2D eigenvalue weighted by Gasteiger charge is -2.22. The van der Waals surface area contributed by atoms with E-state index < -0.39 is 60.7 Å². The summed E-state index contributed by atoms with van der Waals surface area (Å²) >= 11 is 0. The molecule has 0 aliphatic carbocycles. The lowest BCUT2D eigenvalue weighted by molar-refractivity contribution is -0.141. The van der Waals surface area contributed by atoms with E-state index in [0.29, 0.717) is 12.0 Å². The number of carboxylic acids is 1. The van der Waals surface area contributed by atoms with Crippen molar-refractivity contribution < 1.29 is 34.2 Å². The molecule has 0 heterocycles. The van der Waals surface area contributed by atoms with Crippen LogP contribution in [0.3, 0.4) is 0 Å². The van der Waals surface area contributed by atoms with Crippen molar-refractivity contribution >= 4 is 29.6 Å². The smallest absolute Gasteiger partial charge is 0.326 e. The van der Waals surface area contributed by atoms with Crippen LogP contribution in [0.15, 0.2) is 24.3 Å². The van der Waals surface area contributed by atoms with Gasteiger partial charge < -0.3 is 37.6 Å². The van der Waals surface area contributed by atoms with Gasteiger partial charge in [-0.2, -0.15) is 0 Å². The van der Waals surface area contributed by atoms with Gasteiger partial charge in [0, 0.05) is 6.42 Å². The average molecular weight is 466 g/mol. The van der Waals surface area contributed by atoms with Crippen LogP contribution < -0.4 is 27.4 Å². The molecule has 0 bridgehead atoms. The maximum atomic E-state index is 12.4. The molecule has 0 aliphatic rings. The number of aliphatic carboxylic acids is 1. The highest BCUT2D eigenvalue weighted by molar-refractivity contribution is 5.95. The van der Waals surface area contributed by atoms with Gasteiger partial charge in [0.2, 0.25) is 23.6 Å². The number of hydrogen-bond donors (Lipinski definition) is 7. The van der Waals surface area contributed by atoms with Crippen LogP contribution in [0.25, 0.3) is 0 Å². The monoisotopic (exact) mass is 465 g/mol. The number of benzene rings is 1. The van der Waals surface area contributed by atoms with Crippen LogP contribution in [0.4, 0.5) is 0 Å². The number of phenolic OH excluding ortho intramolecular Hbond substituents is 1. The number of aromatic hydroxyl groups is 1. The number of amides is 4. The van der Waals surface area contributed by atoms with Gasteiger partial charge in [0.25, 0.3) is 0 Å². The minimum atomic E-state index is -1.34. The predicted molar refractivity (Wildman–Crippen MR) is 118 cm³/mol. The van der Waals surface area contributed by atoms with Gasteiger partial charge in [-0.15, -0.1) is 0 Å². The molecule has 33 heavy (non-hydrogen) atoms. The van der Waals surface area contributed by atoms with E-state index in [1.54, 1.807) is 6.92 Å². The Morgan fingerprint density at radius 2 is 1.61 bits per heavy atom. The Hall–Kier alpha value is -3.67. The van der Waals surface area contributed by atoms with Gasteiger partial charge in [-0.3, -0.25) is 19.2 Å². The van der Waals surface area contributed by atoms with Gasteiger partial charge in [-0.05, 0) is 23.6 Å². The molecule has 12 nitrogen and oxygen atoms in total. The lowest BCUT2D eigenvalue weighted by Crippen LogP contribution is -2.55. The summed E-state index contributed by atoms with van der Waals surface area (Å²) in [4.78, 5) is 59.7. The highest BCUT2D eigenvalue weighted by Gasteiger charge is 2.28. The minimum Gasteiger partial charge on any atom is -0.508 e. The zero-order valence-corrected chi connectivity index (χ0v) is 18.5. The molecular weight excluding hydrogens is 434 g/mol. The summed E-state index contributed by atoms with van der Waals surface area (Å²) in [6.07, 6.45) is 0.0600. The second-order valence-electron chi connectivity index (χ2n) is 7.69. The van der Waals surface area contributed by atoms with Crippen molar-refractivity contribution in [3.8, 4) is 5.75 Å². The van der Waals surface area contributed by atoms with Gasteiger partial charge in [-0.25, -0.2) is 4.79 Å². The van der Waals surface area contributed by atoms with Crippen molar-refractivity contribution in [1.29, 1.82) is 0 Å². The van der Waals surface area contributed by atoms with E-state index in [9.17, 15) is 34.2 Å². The Bertz CT molecular complexity index is 859. The Balaban J connectivity index is 2.70. The number of carboxylic acid groups (broad SMARTS) is 1. The predicted octanol–water partition coefficient (Wildman–Crippen LogP) is -1.65. The van der Waals surface area contributed by atoms with Gasteiger partial charge >= 0.3 is 5.97 Å². The number of primary amides is 1. The largest absolute Gasteiger partial charge is 0.508 e. The third kappa shape index (κ3) is 9.56. The summed E-state index contributed by atoms with van der Waals surface area (Å²) in [6.45, 7) is 3.01. The van der Waals surface area contributed by atoms with Crippen LogP contribution in [-0.4, -0.2) is 64.5 Å². The highest BCUT2D eigenvalue weighted by atomic mass is 16.4. The third-order valence-electron chi connectivity index (χ3n) is 5.03. The summed E-state index contributed by atoms with van der Waals surface area (Å²) < 4.78 is 0. The van der Waals surface area contributed by atoms with E-state index in [1.165, 1.54) is 24.3 Å². The Labute approximate surface area is 191 Å². The molecule has 0 spiro atoms. The summed E-state index contributed by atoms with van der Waals surface area (Å²) in [7, 11) is 0. The Morgan fingerprint density at radius 1 is 1.00 bits per heavy atom. The van der Waals surface area contributed by atoms with E-state index in [1.807, 2.05) is 6.92 Å². The molecule has 0 aliphatic heterocycles. The molecule has 0 radical (unpaired) electrons. The van der Waals surface area contributed by atoms with Gasteiger partial charge in [0.15, 0.2) is 0 Å². The summed E-state index contributed by atoms with van der Waals surface area (Å²) in [6, 6.07) is 2.27. The molecule has 1 rings (SSSR count). The summed E-state index contributed by atoms with van der Waals surface area (Å²) in [5.74, 6) is -4.59. The van der Waals surface area contributed by atoms with Crippen LogP contribution in [0.5, 0.6) is 5.75 Å². The SMILES string of the molecule is CCC(C)C(N)C(=O)NC(CC(N)=O)C(=O)NCC(=O)NC(Cc1ccc(O)cc1)C(=O)O. The molecule has 0 saturated carbocycles. The molecule has 0 saturated heterocycles. The fourth-order valence-corrected chi connectivity index (χ4v) is 2.79. The molecule has 4 atom stereocenters. The maximum Gasteiger partial charge on any atom is 0.326 e. The van der Waals surface area contributed by atoms with Gasteiger partial charge in [-0.1, -0.05) is 32.4 Å². The number of carbonyl (C=O) groups is 5. The van der Waals surface area contributed by atoms with Crippen LogP contribution >= 0.6 is 0 Å². The first-order valence-corrected chi connectivity index (χ1v) is 10.4. The molecule has 9 N–H and O–H groups in total. The molecule has 0 fully saturated rings. The van der Waals surface area contributed by atoms with Crippen LogP contribution in [0, 0.1) is 5.92 Å². The van der Waals surface area contributed by atoms with Crippen LogP contribution in [0.2, 0.25) is 0 Å². The van der Waals surface area contributed by atoms with E-state index >= 15 is 0 Å². The molecule has 12 heteroatoms. The number of nitrogens with two attached hydrogens (primary N) is 2. The lowest BCUT2D eigenvalue weighted by atomic mass is 9.99. The van der Waals surface area contributed by atoms with Crippen LogP contribution in [-0.2, 0) is 30.4 Å². The molecule has 1 aromatic rings. The second-order valence-corrected chi connectivity index (χ2v) is 7.69. The maximum absolute atomic E-state index is 12.4. The molecule has 0 aromatic heterocycles. The minimum absolute atomic E-state index is 0.0140. The van der Waals surface area contributed by atoms with Crippen molar-refractivity contribution in [2.45, 2.75) is 51.2 Å². The van der Waals surface area contributed by atoms with E-state index in [2.05, 4.69) is 16.0 Å². The molecule has 182 valence electrons. The standard InChI is InChI=1S/C21H31N5O7/c1-3-11(2)18(23)20(31)26-14(9-16(22)28)19(30)24-10-17(29)25-15(21(32)33)8-12-4-6-13(27)7-5-12/h4-7,11,14-15,18,27H,3,8-10,23H2,1-2H3,(H2,22,28)(H,24,30)(H,25,29)(H,26,31)(H,32,33). The molecule has 1 aromatic carbocycles. The van der Waals surface area contributed by atoms with Gasteiger partial charge in [0.05, 0.1) is 19.0 Å². The summed E-state index contributed by atoms with van der Waals surface area (Å²) in [5, 5.41) is 25.6. The molecule has 4 amide bonds. The number of phenols is 1. The first kappa shape index (κ1) is 27.4. The molecular formula is C21H31N5O7. The number of rotatable bonds is 13. The Kier molecular flexibility index (Phi) is 10.8. The quantitative estimate of drug-likeness (QED) is 0.179. The number of hydrogen-bond acceptors (Lipinski definition) is 7. The van der Waals surface area contributed by atoms with Crippen molar-refractivity contribution in [3.05, 3.63) is 29.8 Å². The van der Waals surface area contributed by atoms with E-state index in [4.69, 9.17) is 11.5 Å². The average Bonchev–Trinajstić information content (AvgIpc) is 2.76. The van der Waals surface area contributed by atoms with Gasteiger partial charge in [0.1, 0.15) is 17.8 Å². The fourth-order valence-electron chi connectivity index (χ4n) is 2.79. The van der Waals surface area contributed by atoms with Crippen molar-refractivity contribution in [3.63, 3.8) is 0 Å². The first-order chi connectivity index (χ1) is 15.4. The second kappa shape index (κ2) is 13.0.